The zero-order chi connectivity index (χ0) is 20.8. The number of carbonyl (C=O) groups is 2. The van der Waals surface area contributed by atoms with Gasteiger partial charge in [-0.25, -0.2) is 0 Å². The summed E-state index contributed by atoms with van der Waals surface area (Å²) in [5.41, 5.74) is 1.74. The van der Waals surface area contributed by atoms with Crippen molar-refractivity contribution in [3.05, 3.63) is 64.3 Å². The molecule has 0 aliphatic heterocycles. The van der Waals surface area contributed by atoms with Crippen LogP contribution in [0.5, 0.6) is 0 Å². The molecular weight excluding hydrogens is 413 g/mol. The van der Waals surface area contributed by atoms with E-state index in [9.17, 15) is 9.59 Å². The minimum atomic E-state index is -0.943. The molecule has 29 heavy (non-hydrogen) atoms. The summed E-state index contributed by atoms with van der Waals surface area (Å²) in [5, 5.41) is 18.6. The van der Waals surface area contributed by atoms with Crippen molar-refractivity contribution in [1.82, 2.24) is 15.1 Å². The Balaban J connectivity index is 1.51. The number of nitrogens with zero attached hydrogens (tertiary/aromatic N) is 2. The maximum absolute atomic E-state index is 12.3. The lowest BCUT2D eigenvalue weighted by atomic mass is 9.92. The van der Waals surface area contributed by atoms with E-state index >= 15 is 0 Å². The molecule has 152 valence electrons. The average Bonchev–Trinajstić information content (AvgIpc) is 3.07. The number of aryl methyl sites for hydroxylation is 1. The zero-order valence-electron chi connectivity index (χ0n) is 15.6. The summed E-state index contributed by atoms with van der Waals surface area (Å²) in [6, 6.07) is 12.5. The van der Waals surface area contributed by atoms with Gasteiger partial charge in [-0.2, -0.15) is 5.10 Å². The Morgan fingerprint density at radius 2 is 1.79 bits per heavy atom. The number of aromatic nitrogens is 2. The average molecular weight is 434 g/mol. The number of aliphatic carboxylic acids is 1. The molecule has 0 radical (unpaired) electrons. The number of amides is 1. The third kappa shape index (κ3) is 5.95. The normalized spacial score (nSPS) is 12.1. The Morgan fingerprint density at radius 1 is 1.07 bits per heavy atom. The molecule has 2 aromatic carbocycles. The number of carboxylic acid groups (broad SMARTS) is 1. The molecule has 1 atom stereocenters. The van der Waals surface area contributed by atoms with E-state index in [1.165, 1.54) is 0 Å². The lowest BCUT2D eigenvalue weighted by molar-refractivity contribution is -0.137. The molecule has 6 nitrogen and oxygen atoms in total. The molecule has 0 saturated carbocycles. The number of benzene rings is 2. The van der Waals surface area contributed by atoms with Crippen LogP contribution in [-0.2, 0) is 16.1 Å². The highest BCUT2D eigenvalue weighted by Gasteiger charge is 2.19. The van der Waals surface area contributed by atoms with Crippen molar-refractivity contribution in [2.24, 2.45) is 0 Å². The third-order valence-electron chi connectivity index (χ3n) is 4.67. The molecule has 0 spiro atoms. The molecule has 2 N–H and O–H groups in total. The standard InChI is InChI=1S/C21H21Cl2N3O3/c22-17-5-2-14(3-6-17)16(11-21(28)29)10-20(27)24-8-1-9-26-19-12-18(23)7-4-15(19)13-25-26/h2-7,12-13,16H,1,8-11H2,(H,24,27)(H,28,29). The first kappa shape index (κ1) is 21.1. The topological polar surface area (TPSA) is 84.2 Å². The summed E-state index contributed by atoms with van der Waals surface area (Å²) >= 11 is 11.9. The fraction of sp³-hybridized carbons (Fsp3) is 0.286. The highest BCUT2D eigenvalue weighted by atomic mass is 35.5. The monoisotopic (exact) mass is 433 g/mol. The van der Waals surface area contributed by atoms with Crippen LogP contribution < -0.4 is 5.32 Å². The molecular formula is C21H21Cl2N3O3. The van der Waals surface area contributed by atoms with Crippen molar-refractivity contribution in [2.45, 2.75) is 31.7 Å². The molecule has 1 heterocycles. The van der Waals surface area contributed by atoms with Crippen LogP contribution in [0, 0.1) is 0 Å². The van der Waals surface area contributed by atoms with E-state index in [4.69, 9.17) is 28.3 Å². The summed E-state index contributed by atoms with van der Waals surface area (Å²) in [5.74, 6) is -1.52. The fourth-order valence-electron chi connectivity index (χ4n) is 3.23. The number of carbonyl (C=O) groups excluding carboxylic acids is 1. The van der Waals surface area contributed by atoms with Gasteiger partial charge in [0.1, 0.15) is 0 Å². The van der Waals surface area contributed by atoms with E-state index in [0.717, 1.165) is 16.5 Å². The number of hydrogen-bond acceptors (Lipinski definition) is 3. The Hall–Kier alpha value is -2.57. The largest absolute Gasteiger partial charge is 0.481 e. The van der Waals surface area contributed by atoms with Gasteiger partial charge in [0.05, 0.1) is 18.1 Å². The van der Waals surface area contributed by atoms with Crippen LogP contribution in [0.4, 0.5) is 0 Å². The molecule has 0 bridgehead atoms. The number of fused-ring (bicyclic) bond motifs is 1. The number of carboxylic acids is 1. The first-order valence-corrected chi connectivity index (χ1v) is 10.0. The summed E-state index contributed by atoms with van der Waals surface area (Å²) in [4.78, 5) is 23.5. The van der Waals surface area contributed by atoms with Crippen molar-refractivity contribution >= 4 is 46.0 Å². The molecule has 0 aliphatic rings. The van der Waals surface area contributed by atoms with Gasteiger partial charge in [-0.3, -0.25) is 14.3 Å². The summed E-state index contributed by atoms with van der Waals surface area (Å²) in [6.07, 6.45) is 2.47. The second kappa shape index (κ2) is 9.76. The molecule has 0 saturated heterocycles. The summed E-state index contributed by atoms with van der Waals surface area (Å²) in [7, 11) is 0. The van der Waals surface area contributed by atoms with Crippen LogP contribution in [0.2, 0.25) is 10.0 Å². The molecule has 8 heteroatoms. The van der Waals surface area contributed by atoms with Gasteiger partial charge in [-0.05, 0) is 42.3 Å². The molecule has 1 unspecified atom stereocenters. The third-order valence-corrected chi connectivity index (χ3v) is 5.16. The number of rotatable bonds is 9. The molecule has 0 fully saturated rings. The van der Waals surface area contributed by atoms with Crippen LogP contribution in [0.3, 0.4) is 0 Å². The van der Waals surface area contributed by atoms with E-state index in [2.05, 4.69) is 10.4 Å². The van der Waals surface area contributed by atoms with Crippen LogP contribution in [0.1, 0.15) is 30.7 Å². The lowest BCUT2D eigenvalue weighted by Gasteiger charge is -2.15. The number of halogens is 2. The van der Waals surface area contributed by atoms with Crippen molar-refractivity contribution < 1.29 is 14.7 Å². The molecule has 1 aromatic heterocycles. The van der Waals surface area contributed by atoms with Gasteiger partial charge in [0.15, 0.2) is 0 Å². The Bertz CT molecular complexity index is 1000. The Kier molecular flexibility index (Phi) is 7.12. The van der Waals surface area contributed by atoms with Gasteiger partial charge >= 0.3 is 5.97 Å². The van der Waals surface area contributed by atoms with Gasteiger partial charge in [-0.1, -0.05) is 35.3 Å². The highest BCUT2D eigenvalue weighted by Crippen LogP contribution is 2.25. The number of hydrogen-bond donors (Lipinski definition) is 2. The second-order valence-electron chi connectivity index (χ2n) is 6.82. The number of nitrogens with one attached hydrogen (secondary N) is 1. The SMILES string of the molecule is O=C(O)CC(CC(=O)NCCCn1ncc2ccc(Cl)cc21)c1ccc(Cl)cc1. The van der Waals surface area contributed by atoms with Crippen molar-refractivity contribution in [2.75, 3.05) is 6.54 Å². The minimum Gasteiger partial charge on any atom is -0.481 e. The van der Waals surface area contributed by atoms with E-state index in [0.29, 0.717) is 29.6 Å². The van der Waals surface area contributed by atoms with Crippen molar-refractivity contribution in [3.8, 4) is 0 Å². The van der Waals surface area contributed by atoms with Crippen LogP contribution in [-0.4, -0.2) is 33.3 Å². The van der Waals surface area contributed by atoms with E-state index < -0.39 is 11.9 Å². The van der Waals surface area contributed by atoms with E-state index in [1.807, 2.05) is 22.9 Å². The van der Waals surface area contributed by atoms with Crippen LogP contribution >= 0.6 is 23.2 Å². The molecule has 3 aromatic rings. The molecule has 3 rings (SSSR count). The Labute approximate surface area is 178 Å². The van der Waals surface area contributed by atoms with Crippen LogP contribution in [0.25, 0.3) is 10.9 Å². The van der Waals surface area contributed by atoms with Crippen LogP contribution in [0.15, 0.2) is 48.7 Å². The van der Waals surface area contributed by atoms with Gasteiger partial charge in [0.25, 0.3) is 0 Å². The Morgan fingerprint density at radius 3 is 2.52 bits per heavy atom. The maximum Gasteiger partial charge on any atom is 0.303 e. The van der Waals surface area contributed by atoms with Crippen molar-refractivity contribution in [1.29, 1.82) is 0 Å². The van der Waals surface area contributed by atoms with Gasteiger partial charge < -0.3 is 10.4 Å². The maximum atomic E-state index is 12.3. The van der Waals surface area contributed by atoms with Gasteiger partial charge in [-0.15, -0.1) is 0 Å². The van der Waals surface area contributed by atoms with E-state index in [-0.39, 0.29) is 18.7 Å². The van der Waals surface area contributed by atoms with Gasteiger partial charge in [0, 0.05) is 40.9 Å². The molecule has 0 aliphatic carbocycles. The van der Waals surface area contributed by atoms with E-state index in [1.54, 1.807) is 30.5 Å². The van der Waals surface area contributed by atoms with Crippen molar-refractivity contribution in [3.63, 3.8) is 0 Å². The first-order chi connectivity index (χ1) is 13.9. The zero-order valence-corrected chi connectivity index (χ0v) is 17.2. The predicted molar refractivity (Wildman–Crippen MR) is 113 cm³/mol. The molecule has 1 amide bonds. The highest BCUT2D eigenvalue weighted by molar-refractivity contribution is 6.31. The fourth-order valence-corrected chi connectivity index (χ4v) is 3.52. The van der Waals surface area contributed by atoms with Gasteiger partial charge in [0.2, 0.25) is 5.91 Å². The quantitative estimate of drug-likeness (QED) is 0.486. The summed E-state index contributed by atoms with van der Waals surface area (Å²) < 4.78 is 1.86. The lowest BCUT2D eigenvalue weighted by Crippen LogP contribution is -2.27. The smallest absolute Gasteiger partial charge is 0.303 e. The predicted octanol–water partition coefficient (Wildman–Crippen LogP) is 4.50. The minimum absolute atomic E-state index is 0.105. The summed E-state index contributed by atoms with van der Waals surface area (Å²) in [6.45, 7) is 1.11. The first-order valence-electron chi connectivity index (χ1n) is 9.27. The second-order valence-corrected chi connectivity index (χ2v) is 7.70.